The molecule has 0 radical (unpaired) electrons. The Balaban J connectivity index is 1.45. The number of nitrogens with one attached hydrogen (secondary N) is 1. The first kappa shape index (κ1) is 15.3. The molecular formula is C18H26N2O2. The van der Waals surface area contributed by atoms with Crippen molar-refractivity contribution >= 4 is 6.03 Å². The number of hydrogen-bond donors (Lipinski definition) is 2. The highest BCUT2D eigenvalue weighted by atomic mass is 16.3. The molecule has 2 aliphatic rings. The topological polar surface area (TPSA) is 52.6 Å². The van der Waals surface area contributed by atoms with Crippen molar-refractivity contribution in [3.63, 3.8) is 0 Å². The predicted molar refractivity (Wildman–Crippen MR) is 86.7 cm³/mol. The maximum atomic E-state index is 12.3. The summed E-state index contributed by atoms with van der Waals surface area (Å²) in [5.41, 5.74) is 1.43. The Labute approximate surface area is 132 Å². The van der Waals surface area contributed by atoms with Gasteiger partial charge < -0.3 is 15.3 Å². The molecule has 1 saturated heterocycles. The molecule has 1 atom stereocenters. The predicted octanol–water partition coefficient (Wildman–Crippen LogP) is 2.74. The highest BCUT2D eigenvalue weighted by Gasteiger charge is 2.28. The normalized spacial score (nSPS) is 28.6. The fourth-order valence-electron chi connectivity index (χ4n) is 3.73. The van der Waals surface area contributed by atoms with Gasteiger partial charge >= 0.3 is 6.03 Å². The van der Waals surface area contributed by atoms with Gasteiger partial charge in [0, 0.05) is 31.7 Å². The second kappa shape index (κ2) is 7.14. The molecule has 1 saturated carbocycles. The lowest BCUT2D eigenvalue weighted by Crippen LogP contribution is -2.45. The van der Waals surface area contributed by atoms with Gasteiger partial charge in [0.25, 0.3) is 0 Å². The summed E-state index contributed by atoms with van der Waals surface area (Å²) in [6.45, 7) is 1.66. The Morgan fingerprint density at radius 3 is 2.50 bits per heavy atom. The zero-order valence-electron chi connectivity index (χ0n) is 13.1. The van der Waals surface area contributed by atoms with Crippen molar-refractivity contribution in [2.45, 2.75) is 44.1 Å². The van der Waals surface area contributed by atoms with Gasteiger partial charge in [-0.25, -0.2) is 4.79 Å². The molecule has 0 spiro atoms. The van der Waals surface area contributed by atoms with E-state index < -0.39 is 0 Å². The molecule has 4 heteroatoms. The van der Waals surface area contributed by atoms with Crippen molar-refractivity contribution in [1.29, 1.82) is 0 Å². The maximum Gasteiger partial charge on any atom is 0.317 e. The Morgan fingerprint density at radius 1 is 1.14 bits per heavy atom. The molecule has 1 aromatic carbocycles. The Bertz CT molecular complexity index is 483. The monoisotopic (exact) mass is 302 g/mol. The number of carbonyl (C=O) groups excluding carboxylic acids is 1. The van der Waals surface area contributed by atoms with Gasteiger partial charge in [-0.1, -0.05) is 30.3 Å². The number of nitrogens with zero attached hydrogens (tertiary/aromatic N) is 1. The minimum absolute atomic E-state index is 0.0547. The minimum Gasteiger partial charge on any atom is -0.396 e. The van der Waals surface area contributed by atoms with E-state index in [4.69, 9.17) is 5.11 Å². The van der Waals surface area contributed by atoms with Crippen LogP contribution < -0.4 is 5.32 Å². The molecule has 22 heavy (non-hydrogen) atoms. The van der Waals surface area contributed by atoms with E-state index in [0.717, 1.165) is 38.6 Å². The first-order valence-corrected chi connectivity index (χ1v) is 8.47. The summed E-state index contributed by atoms with van der Waals surface area (Å²) in [7, 11) is 0. The molecule has 120 valence electrons. The Hall–Kier alpha value is -1.55. The molecule has 2 N–H and O–H groups in total. The number of rotatable bonds is 3. The van der Waals surface area contributed by atoms with Gasteiger partial charge in [0.15, 0.2) is 0 Å². The van der Waals surface area contributed by atoms with Gasteiger partial charge in [0.1, 0.15) is 0 Å². The smallest absolute Gasteiger partial charge is 0.317 e. The first-order valence-electron chi connectivity index (χ1n) is 8.47. The third-order valence-corrected chi connectivity index (χ3v) is 5.16. The lowest BCUT2D eigenvalue weighted by Gasteiger charge is -2.30. The zero-order chi connectivity index (χ0) is 15.4. The van der Waals surface area contributed by atoms with Crippen LogP contribution in [-0.2, 0) is 0 Å². The number of aliphatic hydroxyl groups is 1. The van der Waals surface area contributed by atoms with Gasteiger partial charge in [-0.15, -0.1) is 0 Å². The number of urea groups is 1. The van der Waals surface area contributed by atoms with Crippen molar-refractivity contribution in [1.82, 2.24) is 10.2 Å². The lowest BCUT2D eigenvalue weighted by molar-refractivity contribution is 0.191. The largest absolute Gasteiger partial charge is 0.396 e. The summed E-state index contributed by atoms with van der Waals surface area (Å²) < 4.78 is 0. The molecule has 2 amide bonds. The van der Waals surface area contributed by atoms with Gasteiger partial charge in [0.05, 0.1) is 0 Å². The highest BCUT2D eigenvalue weighted by Crippen LogP contribution is 2.32. The molecule has 0 bridgehead atoms. The molecule has 0 aromatic heterocycles. The van der Waals surface area contributed by atoms with E-state index >= 15 is 0 Å². The van der Waals surface area contributed by atoms with Crippen molar-refractivity contribution in [2.24, 2.45) is 5.92 Å². The van der Waals surface area contributed by atoms with E-state index in [1.165, 1.54) is 5.56 Å². The molecule has 1 unspecified atom stereocenters. The van der Waals surface area contributed by atoms with Crippen LogP contribution in [0.25, 0.3) is 0 Å². The highest BCUT2D eigenvalue weighted by molar-refractivity contribution is 5.74. The van der Waals surface area contributed by atoms with Crippen LogP contribution in [0.1, 0.15) is 43.6 Å². The number of aliphatic hydroxyl groups excluding tert-OH is 1. The minimum atomic E-state index is 0.0547. The van der Waals surface area contributed by atoms with Gasteiger partial charge in [-0.2, -0.15) is 0 Å². The van der Waals surface area contributed by atoms with E-state index in [-0.39, 0.29) is 18.6 Å². The standard InChI is InChI=1S/C18H26N2O2/c21-13-14-10-11-20(12-14)18(22)19-17-8-6-16(7-9-17)15-4-2-1-3-5-15/h1-5,14,16-17,21H,6-13H2,(H,19,22). The molecule has 2 fully saturated rings. The fraction of sp³-hybridized carbons (Fsp3) is 0.611. The van der Waals surface area contributed by atoms with Crippen molar-refractivity contribution in [3.05, 3.63) is 35.9 Å². The molecular weight excluding hydrogens is 276 g/mol. The van der Waals surface area contributed by atoms with Gasteiger partial charge in [-0.05, 0) is 43.6 Å². The average Bonchev–Trinajstić information content (AvgIpc) is 3.06. The number of hydrogen-bond acceptors (Lipinski definition) is 2. The summed E-state index contributed by atoms with van der Waals surface area (Å²) in [5, 5.41) is 12.3. The number of amides is 2. The Kier molecular flexibility index (Phi) is 4.98. The van der Waals surface area contributed by atoms with E-state index in [1.54, 1.807) is 0 Å². The van der Waals surface area contributed by atoms with E-state index in [9.17, 15) is 4.79 Å². The van der Waals surface area contributed by atoms with Crippen molar-refractivity contribution in [3.8, 4) is 0 Å². The van der Waals surface area contributed by atoms with E-state index in [0.29, 0.717) is 18.5 Å². The van der Waals surface area contributed by atoms with Crippen LogP contribution in [0.3, 0.4) is 0 Å². The summed E-state index contributed by atoms with van der Waals surface area (Å²) in [5.74, 6) is 0.902. The van der Waals surface area contributed by atoms with Crippen LogP contribution in [0.5, 0.6) is 0 Å². The van der Waals surface area contributed by atoms with E-state index in [2.05, 4.69) is 35.6 Å². The molecule has 1 heterocycles. The molecule has 3 rings (SSSR count). The average molecular weight is 302 g/mol. The third-order valence-electron chi connectivity index (χ3n) is 5.16. The SMILES string of the molecule is O=C(NC1CCC(c2ccccc2)CC1)N1CCC(CO)C1. The number of benzene rings is 1. The van der Waals surface area contributed by atoms with Crippen LogP contribution >= 0.6 is 0 Å². The van der Waals surface area contributed by atoms with Crippen LogP contribution in [0.2, 0.25) is 0 Å². The Morgan fingerprint density at radius 2 is 1.86 bits per heavy atom. The molecule has 1 aliphatic carbocycles. The molecule has 1 aromatic rings. The molecule has 1 aliphatic heterocycles. The fourth-order valence-corrected chi connectivity index (χ4v) is 3.73. The summed E-state index contributed by atoms with van der Waals surface area (Å²) in [6.07, 6.45) is 5.33. The van der Waals surface area contributed by atoms with Crippen LogP contribution in [-0.4, -0.2) is 41.8 Å². The molecule has 4 nitrogen and oxygen atoms in total. The first-order chi connectivity index (χ1) is 10.8. The second-order valence-electron chi connectivity index (χ2n) is 6.69. The number of carbonyl (C=O) groups is 1. The summed E-state index contributed by atoms with van der Waals surface area (Å²) in [6, 6.07) is 11.1. The van der Waals surface area contributed by atoms with Gasteiger partial charge in [-0.3, -0.25) is 0 Å². The quantitative estimate of drug-likeness (QED) is 0.902. The van der Waals surface area contributed by atoms with Crippen LogP contribution in [0.15, 0.2) is 30.3 Å². The third kappa shape index (κ3) is 3.61. The van der Waals surface area contributed by atoms with Crippen molar-refractivity contribution in [2.75, 3.05) is 19.7 Å². The zero-order valence-corrected chi connectivity index (χ0v) is 13.1. The van der Waals surface area contributed by atoms with E-state index in [1.807, 2.05) is 4.90 Å². The maximum absolute atomic E-state index is 12.3. The summed E-state index contributed by atoms with van der Waals surface area (Å²) >= 11 is 0. The summed E-state index contributed by atoms with van der Waals surface area (Å²) in [4.78, 5) is 14.1. The second-order valence-corrected chi connectivity index (χ2v) is 6.69. The van der Waals surface area contributed by atoms with Crippen LogP contribution in [0, 0.1) is 5.92 Å². The number of likely N-dealkylation sites (tertiary alicyclic amines) is 1. The van der Waals surface area contributed by atoms with Crippen molar-refractivity contribution < 1.29 is 9.90 Å². The van der Waals surface area contributed by atoms with Gasteiger partial charge in [0.2, 0.25) is 0 Å². The van der Waals surface area contributed by atoms with Crippen LogP contribution in [0.4, 0.5) is 4.79 Å². The lowest BCUT2D eigenvalue weighted by atomic mass is 9.82.